The molecule has 1 fully saturated rings. The minimum absolute atomic E-state index is 0.0207. The summed E-state index contributed by atoms with van der Waals surface area (Å²) in [5.74, 6) is -0.431. The second-order valence-corrected chi connectivity index (χ2v) is 9.68. The fraction of sp³-hybridized carbons (Fsp3) is 0.480. The Kier molecular flexibility index (Phi) is 15.1. The van der Waals surface area contributed by atoms with E-state index in [4.69, 9.17) is 5.11 Å². The fourth-order valence-electron chi connectivity index (χ4n) is 2.86. The number of alkyl halides is 3. The average Bonchev–Trinajstić information content (AvgIpc) is 3.28. The van der Waals surface area contributed by atoms with Gasteiger partial charge in [-0.25, -0.2) is 8.42 Å². The molecule has 35 heavy (non-hydrogen) atoms. The Hall–Kier alpha value is -2.43. The molecule has 10 heteroatoms. The summed E-state index contributed by atoms with van der Waals surface area (Å²) in [5, 5.41) is 8.12. The van der Waals surface area contributed by atoms with Crippen molar-refractivity contribution in [2.45, 2.75) is 63.7 Å². The van der Waals surface area contributed by atoms with E-state index in [9.17, 15) is 26.4 Å². The third kappa shape index (κ3) is 12.7. The van der Waals surface area contributed by atoms with Crippen molar-refractivity contribution in [3.63, 3.8) is 0 Å². The first kappa shape index (κ1) is 32.6. The lowest BCUT2D eigenvalue weighted by Crippen LogP contribution is -2.25. The van der Waals surface area contributed by atoms with Gasteiger partial charge in [0.1, 0.15) is 12.0 Å². The van der Waals surface area contributed by atoms with E-state index in [0.717, 1.165) is 36.1 Å². The van der Waals surface area contributed by atoms with Gasteiger partial charge >= 0.3 is 6.36 Å². The molecule has 1 saturated heterocycles. The molecule has 0 amide bonds. The summed E-state index contributed by atoms with van der Waals surface area (Å²) in [4.78, 5) is 11.1. The number of halogens is 3. The van der Waals surface area contributed by atoms with Crippen molar-refractivity contribution in [2.24, 2.45) is 0 Å². The SMILES string of the molecule is CC.CCC=O.CN1CCC(S(=O)(=O)c2ccc(OC(F)(F)F)cc2)C1.Cc1ccc(CO)cc1. The van der Waals surface area contributed by atoms with Gasteiger partial charge in [-0.1, -0.05) is 50.6 Å². The maximum atomic E-state index is 12.3. The van der Waals surface area contributed by atoms with E-state index >= 15 is 0 Å². The summed E-state index contributed by atoms with van der Waals surface area (Å²) in [6.45, 7) is 9.11. The molecule has 1 aliphatic heterocycles. The van der Waals surface area contributed by atoms with Gasteiger partial charge in [0.05, 0.1) is 16.8 Å². The zero-order valence-electron chi connectivity index (χ0n) is 20.9. The summed E-state index contributed by atoms with van der Waals surface area (Å²) in [6, 6.07) is 12.2. The lowest BCUT2D eigenvalue weighted by Gasteiger charge is -2.13. The highest BCUT2D eigenvalue weighted by Crippen LogP contribution is 2.27. The Balaban J connectivity index is 0.000000637. The third-order valence-corrected chi connectivity index (χ3v) is 6.83. The van der Waals surface area contributed by atoms with Crippen molar-refractivity contribution < 1.29 is 36.2 Å². The summed E-state index contributed by atoms with van der Waals surface area (Å²) < 4.78 is 64.3. The molecule has 1 heterocycles. The molecule has 3 rings (SSSR count). The van der Waals surface area contributed by atoms with Gasteiger partial charge in [-0.3, -0.25) is 0 Å². The molecule has 0 aliphatic carbocycles. The first-order chi connectivity index (χ1) is 16.4. The van der Waals surface area contributed by atoms with Gasteiger partial charge in [0.2, 0.25) is 0 Å². The lowest BCUT2D eigenvalue weighted by molar-refractivity contribution is -0.274. The van der Waals surface area contributed by atoms with E-state index in [1.165, 1.54) is 5.56 Å². The number of rotatable bonds is 5. The molecule has 0 saturated carbocycles. The van der Waals surface area contributed by atoms with E-state index in [1.807, 2.05) is 63.9 Å². The van der Waals surface area contributed by atoms with Crippen molar-refractivity contribution in [3.8, 4) is 5.75 Å². The van der Waals surface area contributed by atoms with E-state index in [-0.39, 0.29) is 11.5 Å². The zero-order chi connectivity index (χ0) is 27.1. The molecule has 0 radical (unpaired) electrons. The number of hydrogen-bond acceptors (Lipinski definition) is 6. The van der Waals surface area contributed by atoms with Crippen LogP contribution in [0.5, 0.6) is 5.75 Å². The second kappa shape index (κ2) is 16.3. The average molecular weight is 520 g/mol. The van der Waals surface area contributed by atoms with Gasteiger partial charge in [-0.15, -0.1) is 13.2 Å². The van der Waals surface area contributed by atoms with Crippen LogP contribution in [0, 0.1) is 6.92 Å². The zero-order valence-corrected chi connectivity index (χ0v) is 21.7. The van der Waals surface area contributed by atoms with Crippen LogP contribution in [-0.2, 0) is 21.2 Å². The largest absolute Gasteiger partial charge is 0.573 e. The highest BCUT2D eigenvalue weighted by Gasteiger charge is 2.34. The standard InChI is InChI=1S/C12H14F3NO3S.C8H10O.C3H6O.C2H6/c1-16-7-6-11(8-16)20(17,18)10-4-2-9(3-5-10)19-12(13,14)15;1-7-2-4-8(6-9)5-3-7;1-2-3-4;1-2/h2-5,11H,6-8H2,1H3;2-5,9H,6H2,1H3;3H,2H2,1H3;1-2H3. The first-order valence-corrected chi connectivity index (χ1v) is 12.9. The maximum Gasteiger partial charge on any atom is 0.573 e. The number of nitrogens with zero attached hydrogens (tertiary/aromatic N) is 1. The number of sulfone groups is 1. The number of hydrogen-bond donors (Lipinski definition) is 1. The maximum absolute atomic E-state index is 12.3. The van der Waals surface area contributed by atoms with E-state index in [1.54, 1.807) is 0 Å². The summed E-state index contributed by atoms with van der Waals surface area (Å²) in [5.41, 5.74) is 2.20. The quantitative estimate of drug-likeness (QED) is 0.549. The summed E-state index contributed by atoms with van der Waals surface area (Å²) in [7, 11) is -1.68. The smallest absolute Gasteiger partial charge is 0.406 e. The predicted molar refractivity (Wildman–Crippen MR) is 131 cm³/mol. The molecule has 1 aliphatic rings. The second-order valence-electron chi connectivity index (χ2n) is 7.46. The molecule has 198 valence electrons. The summed E-state index contributed by atoms with van der Waals surface area (Å²) in [6.07, 6.45) is -2.74. The van der Waals surface area contributed by atoms with Crippen LogP contribution in [0.2, 0.25) is 0 Å². The molecule has 1 unspecified atom stereocenters. The molecule has 1 atom stereocenters. The van der Waals surface area contributed by atoms with Crippen molar-refractivity contribution in [1.82, 2.24) is 4.90 Å². The minimum Gasteiger partial charge on any atom is -0.406 e. The number of carbonyl (C=O) groups excluding carboxylic acids is 1. The van der Waals surface area contributed by atoms with Crippen molar-refractivity contribution in [2.75, 3.05) is 20.1 Å². The van der Waals surface area contributed by atoms with Gasteiger partial charge in [-0.05, 0) is 56.8 Å². The number of ether oxygens (including phenoxy) is 1. The number of benzene rings is 2. The highest BCUT2D eigenvalue weighted by atomic mass is 32.2. The third-order valence-electron chi connectivity index (χ3n) is 4.64. The van der Waals surface area contributed by atoms with Gasteiger partial charge in [0.15, 0.2) is 9.84 Å². The molecule has 2 aromatic carbocycles. The van der Waals surface area contributed by atoms with Gasteiger partial charge in [0, 0.05) is 13.0 Å². The molecule has 1 N–H and O–H groups in total. The molecule has 6 nitrogen and oxygen atoms in total. The molecular formula is C25H36F3NO5S. The topological polar surface area (TPSA) is 83.9 Å². The van der Waals surface area contributed by atoms with Crippen LogP contribution >= 0.6 is 0 Å². The van der Waals surface area contributed by atoms with Crippen LogP contribution in [0.4, 0.5) is 13.2 Å². The Morgan fingerprint density at radius 2 is 1.60 bits per heavy atom. The molecule has 0 spiro atoms. The van der Waals surface area contributed by atoms with Gasteiger partial charge < -0.3 is 19.5 Å². The van der Waals surface area contributed by atoms with Crippen LogP contribution in [0.25, 0.3) is 0 Å². The van der Waals surface area contributed by atoms with Crippen molar-refractivity contribution >= 4 is 16.1 Å². The van der Waals surface area contributed by atoms with Crippen LogP contribution in [-0.4, -0.2) is 56.5 Å². The Labute approximate surface area is 206 Å². The molecule has 0 aromatic heterocycles. The van der Waals surface area contributed by atoms with E-state index in [2.05, 4.69) is 4.74 Å². The van der Waals surface area contributed by atoms with Crippen LogP contribution in [0.3, 0.4) is 0 Å². The molecule has 0 bridgehead atoms. The summed E-state index contributed by atoms with van der Waals surface area (Å²) >= 11 is 0. The number of aldehydes is 1. The van der Waals surface area contributed by atoms with Gasteiger partial charge in [0.25, 0.3) is 0 Å². The number of aliphatic hydroxyl groups is 1. The highest BCUT2D eigenvalue weighted by molar-refractivity contribution is 7.92. The minimum atomic E-state index is -4.78. The van der Waals surface area contributed by atoms with Crippen LogP contribution in [0.15, 0.2) is 53.4 Å². The lowest BCUT2D eigenvalue weighted by atomic mass is 10.2. The molecular weight excluding hydrogens is 483 g/mol. The fourth-order valence-corrected chi connectivity index (χ4v) is 4.63. The molecule has 2 aromatic rings. The van der Waals surface area contributed by atoms with E-state index in [0.29, 0.717) is 25.9 Å². The Bertz CT molecular complexity index is 947. The predicted octanol–water partition coefficient (Wildman–Crippen LogP) is 5.17. The monoisotopic (exact) mass is 519 g/mol. The normalized spacial score (nSPS) is 15.4. The van der Waals surface area contributed by atoms with Crippen molar-refractivity contribution in [3.05, 3.63) is 59.7 Å². The van der Waals surface area contributed by atoms with E-state index < -0.39 is 27.2 Å². The van der Waals surface area contributed by atoms with Gasteiger partial charge in [-0.2, -0.15) is 0 Å². The Morgan fingerprint density at radius 1 is 1.09 bits per heavy atom. The number of carbonyl (C=O) groups is 1. The number of aliphatic hydroxyl groups excluding tert-OH is 1. The Morgan fingerprint density at radius 3 is 1.97 bits per heavy atom. The number of aryl methyl sites for hydroxylation is 1. The number of likely N-dealkylation sites (tertiary alicyclic amines) is 1. The van der Waals surface area contributed by atoms with Crippen molar-refractivity contribution in [1.29, 1.82) is 0 Å². The van der Waals surface area contributed by atoms with Crippen LogP contribution in [0.1, 0.15) is 44.7 Å². The first-order valence-electron chi connectivity index (χ1n) is 11.3. The van der Waals surface area contributed by atoms with Crippen LogP contribution < -0.4 is 4.74 Å².